The molecule has 168 valence electrons. The molecule has 5 nitrogen and oxygen atoms in total. The van der Waals surface area contributed by atoms with E-state index in [1.807, 2.05) is 0 Å². The van der Waals surface area contributed by atoms with E-state index in [9.17, 15) is 35.9 Å². The fourth-order valence-corrected chi connectivity index (χ4v) is 2.44. The number of hydrogen-bond donors (Lipinski definition) is 1. The highest BCUT2D eigenvalue weighted by atomic mass is 19.4. The predicted molar refractivity (Wildman–Crippen MR) is 95.9 cm³/mol. The highest BCUT2D eigenvalue weighted by Crippen LogP contribution is 2.34. The molecule has 1 N–H and O–H groups in total. The Morgan fingerprint density at radius 2 is 1.55 bits per heavy atom. The Bertz CT molecular complexity index is 909. The van der Waals surface area contributed by atoms with E-state index >= 15 is 0 Å². The summed E-state index contributed by atoms with van der Waals surface area (Å²) >= 11 is 0. The first-order valence-electron chi connectivity index (χ1n) is 8.80. The van der Waals surface area contributed by atoms with Gasteiger partial charge in [-0.25, -0.2) is 4.79 Å². The molecule has 0 heterocycles. The third-order valence-corrected chi connectivity index (χ3v) is 3.89. The van der Waals surface area contributed by atoms with Crippen LogP contribution >= 0.6 is 0 Å². The first-order valence-corrected chi connectivity index (χ1v) is 8.80. The van der Waals surface area contributed by atoms with Gasteiger partial charge in [-0.05, 0) is 36.4 Å². The van der Waals surface area contributed by atoms with Crippen LogP contribution in [0.5, 0.6) is 5.75 Å². The molecule has 2 rings (SSSR count). The number of esters is 1. The van der Waals surface area contributed by atoms with Crippen molar-refractivity contribution in [1.82, 2.24) is 5.32 Å². The average Bonchev–Trinajstić information content (AvgIpc) is 2.68. The van der Waals surface area contributed by atoms with Gasteiger partial charge in [0.25, 0.3) is 0 Å². The molecule has 0 saturated carbocycles. The van der Waals surface area contributed by atoms with Crippen LogP contribution in [0.2, 0.25) is 0 Å². The molecule has 1 atom stereocenters. The number of rotatable bonds is 7. The summed E-state index contributed by atoms with van der Waals surface area (Å²) in [6.45, 7) is 0.905. The summed E-state index contributed by atoms with van der Waals surface area (Å²) in [7, 11) is 0. The molecule has 1 amide bonds. The fourth-order valence-electron chi connectivity index (χ4n) is 2.44. The summed E-state index contributed by atoms with van der Waals surface area (Å²) in [6, 6.07) is 7.03. The van der Waals surface area contributed by atoms with E-state index in [4.69, 9.17) is 9.47 Å². The summed E-state index contributed by atoms with van der Waals surface area (Å²) in [5.41, 5.74) is -2.22. The predicted octanol–water partition coefficient (Wildman–Crippen LogP) is 4.52. The number of hydrogen-bond acceptors (Lipinski definition) is 4. The SMILES string of the molecule is CC(=O)NCCOC(=O)C(Oc1ccc(C(F)(F)F)cc1)c1cccc(C(F)(F)F)c1. The summed E-state index contributed by atoms with van der Waals surface area (Å²) in [5, 5.41) is 2.37. The van der Waals surface area contributed by atoms with Crippen LogP contribution in [-0.4, -0.2) is 25.0 Å². The van der Waals surface area contributed by atoms with Gasteiger partial charge in [-0.15, -0.1) is 0 Å². The number of carbonyl (C=O) groups is 2. The van der Waals surface area contributed by atoms with E-state index in [0.29, 0.717) is 18.2 Å². The Balaban J connectivity index is 2.27. The van der Waals surface area contributed by atoms with Gasteiger partial charge in [0.15, 0.2) is 0 Å². The third-order valence-electron chi connectivity index (χ3n) is 3.89. The summed E-state index contributed by atoms with van der Waals surface area (Å²) in [5.74, 6) is -1.65. The zero-order chi connectivity index (χ0) is 23.2. The Hall–Kier alpha value is -3.24. The van der Waals surface area contributed by atoms with Crippen molar-refractivity contribution in [2.45, 2.75) is 25.4 Å². The molecule has 0 aliphatic carbocycles. The summed E-state index contributed by atoms with van der Waals surface area (Å²) < 4.78 is 87.6. The van der Waals surface area contributed by atoms with Crippen molar-refractivity contribution in [3.63, 3.8) is 0 Å². The highest BCUT2D eigenvalue weighted by Gasteiger charge is 2.33. The van der Waals surface area contributed by atoms with Crippen molar-refractivity contribution in [2.75, 3.05) is 13.2 Å². The van der Waals surface area contributed by atoms with Crippen molar-refractivity contribution in [3.8, 4) is 5.75 Å². The molecule has 0 saturated heterocycles. The van der Waals surface area contributed by atoms with Crippen molar-refractivity contribution in [3.05, 3.63) is 65.2 Å². The van der Waals surface area contributed by atoms with Gasteiger partial charge in [-0.3, -0.25) is 4.79 Å². The molecule has 11 heteroatoms. The van der Waals surface area contributed by atoms with Gasteiger partial charge in [0.05, 0.1) is 17.7 Å². The van der Waals surface area contributed by atoms with Crippen molar-refractivity contribution >= 4 is 11.9 Å². The molecule has 0 bridgehead atoms. The Labute approximate surface area is 173 Å². The fraction of sp³-hybridized carbons (Fsp3) is 0.300. The van der Waals surface area contributed by atoms with Gasteiger partial charge in [0.2, 0.25) is 12.0 Å². The second-order valence-electron chi connectivity index (χ2n) is 6.29. The topological polar surface area (TPSA) is 64.6 Å². The molecule has 0 spiro atoms. The number of carbonyl (C=O) groups excluding carboxylic acids is 2. The molecule has 0 aromatic heterocycles. The van der Waals surface area contributed by atoms with Gasteiger partial charge >= 0.3 is 18.3 Å². The van der Waals surface area contributed by atoms with E-state index < -0.39 is 35.6 Å². The van der Waals surface area contributed by atoms with Crippen LogP contribution in [-0.2, 0) is 26.7 Å². The normalized spacial score (nSPS) is 12.7. The molecule has 0 fully saturated rings. The Morgan fingerprint density at radius 3 is 2.10 bits per heavy atom. The largest absolute Gasteiger partial charge is 0.474 e. The maximum absolute atomic E-state index is 13.0. The van der Waals surface area contributed by atoms with Crippen LogP contribution in [0.3, 0.4) is 0 Å². The Morgan fingerprint density at radius 1 is 0.935 bits per heavy atom. The molecule has 1 unspecified atom stereocenters. The molecular weight excluding hydrogens is 432 g/mol. The van der Waals surface area contributed by atoms with Crippen molar-refractivity contribution < 1.29 is 45.4 Å². The third kappa shape index (κ3) is 7.19. The van der Waals surface area contributed by atoms with Crippen molar-refractivity contribution in [1.29, 1.82) is 0 Å². The maximum atomic E-state index is 13.0. The van der Waals surface area contributed by atoms with E-state index in [-0.39, 0.29) is 30.4 Å². The number of nitrogens with one attached hydrogen (secondary N) is 1. The highest BCUT2D eigenvalue weighted by molar-refractivity contribution is 5.77. The molecule has 2 aromatic carbocycles. The number of benzene rings is 2. The number of ether oxygens (including phenoxy) is 2. The summed E-state index contributed by atoms with van der Waals surface area (Å²) in [6.07, 6.45) is -11.0. The van der Waals surface area contributed by atoms with Gasteiger partial charge in [0.1, 0.15) is 12.4 Å². The van der Waals surface area contributed by atoms with E-state index in [0.717, 1.165) is 24.3 Å². The van der Waals surface area contributed by atoms with Crippen LogP contribution in [0, 0.1) is 0 Å². The quantitative estimate of drug-likeness (QED) is 0.384. The molecule has 0 aliphatic heterocycles. The zero-order valence-corrected chi connectivity index (χ0v) is 16.0. The lowest BCUT2D eigenvalue weighted by Gasteiger charge is -2.20. The second kappa shape index (κ2) is 9.71. The minimum absolute atomic E-state index is 0.0450. The number of alkyl halides is 6. The number of halogens is 6. The smallest absolute Gasteiger partial charge is 0.416 e. The standard InChI is InChI=1S/C20H17F6NO4/c1-12(28)27-9-10-30-18(29)17(13-3-2-4-15(11-13)20(24,25)26)31-16-7-5-14(6-8-16)19(21,22)23/h2-8,11,17H,9-10H2,1H3,(H,27,28). The van der Waals surface area contributed by atoms with E-state index in [1.54, 1.807) is 0 Å². The molecule has 31 heavy (non-hydrogen) atoms. The minimum Gasteiger partial charge on any atom is -0.474 e. The van der Waals surface area contributed by atoms with Gasteiger partial charge in [0, 0.05) is 12.5 Å². The molecule has 2 aromatic rings. The molecular formula is C20H17F6NO4. The van der Waals surface area contributed by atoms with Crippen LogP contribution in [0.4, 0.5) is 26.3 Å². The number of amides is 1. The minimum atomic E-state index is -4.69. The monoisotopic (exact) mass is 449 g/mol. The van der Waals surface area contributed by atoms with Crippen LogP contribution in [0.25, 0.3) is 0 Å². The molecule has 0 aliphatic rings. The van der Waals surface area contributed by atoms with Crippen molar-refractivity contribution in [2.24, 2.45) is 0 Å². The van der Waals surface area contributed by atoms with Crippen LogP contribution in [0.15, 0.2) is 48.5 Å². The lowest BCUT2D eigenvalue weighted by molar-refractivity contribution is -0.152. The lowest BCUT2D eigenvalue weighted by atomic mass is 10.1. The first kappa shape index (κ1) is 24.0. The average molecular weight is 449 g/mol. The maximum Gasteiger partial charge on any atom is 0.416 e. The van der Waals surface area contributed by atoms with Crippen LogP contribution in [0.1, 0.15) is 29.7 Å². The first-order chi connectivity index (χ1) is 14.4. The van der Waals surface area contributed by atoms with E-state index in [1.165, 1.54) is 13.0 Å². The van der Waals surface area contributed by atoms with Gasteiger partial charge in [-0.2, -0.15) is 26.3 Å². The van der Waals surface area contributed by atoms with Gasteiger partial charge in [-0.1, -0.05) is 12.1 Å². The van der Waals surface area contributed by atoms with Crippen LogP contribution < -0.4 is 10.1 Å². The van der Waals surface area contributed by atoms with E-state index in [2.05, 4.69) is 5.32 Å². The second-order valence-corrected chi connectivity index (χ2v) is 6.29. The molecule has 0 radical (unpaired) electrons. The lowest BCUT2D eigenvalue weighted by Crippen LogP contribution is -2.28. The zero-order valence-electron chi connectivity index (χ0n) is 16.0. The summed E-state index contributed by atoms with van der Waals surface area (Å²) in [4.78, 5) is 23.3. The Kier molecular flexibility index (Phi) is 7.53. The van der Waals surface area contributed by atoms with Gasteiger partial charge < -0.3 is 14.8 Å².